The van der Waals surface area contributed by atoms with Gasteiger partial charge in [0, 0.05) is 16.6 Å². The van der Waals surface area contributed by atoms with Gasteiger partial charge in [0.2, 0.25) is 0 Å². The number of fused-ring (bicyclic) bond motifs is 1. The Morgan fingerprint density at radius 1 is 0.824 bits per heavy atom. The number of hydrogen-bond donors (Lipinski definition) is 0. The molecule has 1 aliphatic heterocycles. The van der Waals surface area contributed by atoms with E-state index in [2.05, 4.69) is 41.3 Å². The standard InChI is InChI=1S/C28H29NO3S.ClH/c1-30-24-14-15-25-26(20-24)33-28(21-8-4-2-5-9-21)27(25)32-23-12-10-22(11-13-23)31-19-18-29-16-6-3-7-17-29;/h2,4-5,8-15,20H,3,6-7,16-19H2,1H3;1H. The zero-order valence-corrected chi connectivity index (χ0v) is 21.0. The first kappa shape index (κ1) is 24.4. The minimum Gasteiger partial charge on any atom is -0.497 e. The smallest absolute Gasteiger partial charge is 0.153 e. The number of nitrogens with zero attached hydrogens (tertiary/aromatic N) is 1. The van der Waals surface area contributed by atoms with Gasteiger partial charge in [0.05, 0.1) is 12.0 Å². The van der Waals surface area contributed by atoms with Crippen LogP contribution in [-0.2, 0) is 0 Å². The molecular formula is C28H30ClNO3S. The molecule has 1 aliphatic rings. The lowest BCUT2D eigenvalue weighted by Gasteiger charge is -2.26. The highest BCUT2D eigenvalue weighted by atomic mass is 35.5. The van der Waals surface area contributed by atoms with E-state index in [0.717, 1.165) is 56.7 Å². The minimum absolute atomic E-state index is 0. The molecule has 1 aromatic heterocycles. The average molecular weight is 496 g/mol. The molecule has 0 spiro atoms. The number of hydrogen-bond acceptors (Lipinski definition) is 5. The van der Waals surface area contributed by atoms with Crippen LogP contribution in [-0.4, -0.2) is 38.3 Å². The second kappa shape index (κ2) is 11.6. The Kier molecular flexibility index (Phi) is 8.33. The molecule has 0 N–H and O–H groups in total. The van der Waals surface area contributed by atoms with Crippen LogP contribution in [0.1, 0.15) is 19.3 Å². The van der Waals surface area contributed by atoms with Crippen molar-refractivity contribution in [2.24, 2.45) is 0 Å². The lowest BCUT2D eigenvalue weighted by atomic mass is 10.1. The van der Waals surface area contributed by atoms with Crippen LogP contribution in [0, 0.1) is 0 Å². The molecule has 2 heterocycles. The number of rotatable bonds is 8. The summed E-state index contributed by atoms with van der Waals surface area (Å²) in [7, 11) is 1.69. The van der Waals surface area contributed by atoms with E-state index < -0.39 is 0 Å². The SMILES string of the molecule is COc1ccc2c(Oc3ccc(OCCN4CCCCC4)cc3)c(-c3ccccc3)sc2c1.Cl. The van der Waals surface area contributed by atoms with Crippen LogP contribution >= 0.6 is 23.7 Å². The van der Waals surface area contributed by atoms with Crippen LogP contribution in [0.15, 0.2) is 72.8 Å². The van der Waals surface area contributed by atoms with Gasteiger partial charge in [-0.1, -0.05) is 36.8 Å². The van der Waals surface area contributed by atoms with E-state index in [4.69, 9.17) is 14.2 Å². The summed E-state index contributed by atoms with van der Waals surface area (Å²) in [6, 6.07) is 24.5. The minimum atomic E-state index is 0. The van der Waals surface area contributed by atoms with Crippen molar-refractivity contribution in [2.45, 2.75) is 19.3 Å². The number of halogens is 1. The molecule has 0 atom stereocenters. The van der Waals surface area contributed by atoms with Crippen molar-refractivity contribution >= 4 is 33.8 Å². The fourth-order valence-electron chi connectivity index (χ4n) is 4.26. The number of ether oxygens (including phenoxy) is 3. The van der Waals surface area contributed by atoms with Crippen LogP contribution in [0.2, 0.25) is 0 Å². The number of benzene rings is 3. The summed E-state index contributed by atoms with van der Waals surface area (Å²) >= 11 is 1.72. The van der Waals surface area contributed by atoms with Gasteiger partial charge in [-0.2, -0.15) is 0 Å². The fourth-order valence-corrected chi connectivity index (χ4v) is 5.42. The second-order valence-electron chi connectivity index (χ2n) is 8.31. The first-order chi connectivity index (χ1) is 16.3. The molecule has 0 amide bonds. The van der Waals surface area contributed by atoms with Crippen molar-refractivity contribution in [1.29, 1.82) is 0 Å². The molecule has 0 aliphatic carbocycles. The Morgan fingerprint density at radius 3 is 2.26 bits per heavy atom. The summed E-state index contributed by atoms with van der Waals surface area (Å²) in [4.78, 5) is 3.60. The molecular weight excluding hydrogens is 466 g/mol. The lowest BCUT2D eigenvalue weighted by molar-refractivity contribution is 0.183. The van der Waals surface area contributed by atoms with E-state index in [1.54, 1.807) is 18.4 Å². The molecule has 4 aromatic rings. The van der Waals surface area contributed by atoms with Crippen molar-refractivity contribution in [1.82, 2.24) is 4.90 Å². The molecule has 1 saturated heterocycles. The summed E-state index contributed by atoms with van der Waals surface area (Å²) in [5, 5.41) is 1.08. The van der Waals surface area contributed by atoms with Crippen LogP contribution in [0.3, 0.4) is 0 Å². The molecule has 0 bridgehead atoms. The molecule has 0 radical (unpaired) electrons. The van der Waals surface area contributed by atoms with Crippen molar-refractivity contribution < 1.29 is 14.2 Å². The van der Waals surface area contributed by atoms with Gasteiger partial charge in [-0.25, -0.2) is 0 Å². The van der Waals surface area contributed by atoms with Gasteiger partial charge < -0.3 is 14.2 Å². The third-order valence-corrected chi connectivity index (χ3v) is 7.24. The monoisotopic (exact) mass is 495 g/mol. The Balaban J connectivity index is 0.00000274. The quantitative estimate of drug-likeness (QED) is 0.251. The van der Waals surface area contributed by atoms with E-state index in [9.17, 15) is 0 Å². The maximum atomic E-state index is 6.45. The highest BCUT2D eigenvalue weighted by molar-refractivity contribution is 7.22. The zero-order valence-electron chi connectivity index (χ0n) is 19.4. The third-order valence-electron chi connectivity index (χ3n) is 6.06. The van der Waals surface area contributed by atoms with Crippen molar-refractivity contribution in [3.05, 3.63) is 72.8 Å². The van der Waals surface area contributed by atoms with Gasteiger partial charge in [0.25, 0.3) is 0 Å². The normalized spacial score (nSPS) is 13.9. The molecule has 178 valence electrons. The van der Waals surface area contributed by atoms with Crippen LogP contribution < -0.4 is 14.2 Å². The van der Waals surface area contributed by atoms with Crippen LogP contribution in [0.4, 0.5) is 0 Å². The van der Waals surface area contributed by atoms with Gasteiger partial charge in [-0.05, 0) is 74.0 Å². The Labute approximate surface area is 211 Å². The van der Waals surface area contributed by atoms with Gasteiger partial charge in [-0.3, -0.25) is 4.90 Å². The van der Waals surface area contributed by atoms with Crippen molar-refractivity contribution in [3.8, 4) is 33.4 Å². The van der Waals surface area contributed by atoms with E-state index >= 15 is 0 Å². The van der Waals surface area contributed by atoms with Crippen LogP contribution in [0.5, 0.6) is 23.0 Å². The van der Waals surface area contributed by atoms with Crippen molar-refractivity contribution in [3.63, 3.8) is 0 Å². The molecule has 3 aromatic carbocycles. The summed E-state index contributed by atoms with van der Waals surface area (Å²) in [5.41, 5.74) is 1.14. The fraction of sp³-hybridized carbons (Fsp3) is 0.286. The number of likely N-dealkylation sites (tertiary alicyclic amines) is 1. The Bertz CT molecular complexity index is 1190. The highest BCUT2D eigenvalue weighted by Crippen LogP contribution is 2.47. The summed E-state index contributed by atoms with van der Waals surface area (Å²) in [5.74, 6) is 3.40. The van der Waals surface area contributed by atoms with E-state index in [0.29, 0.717) is 0 Å². The maximum Gasteiger partial charge on any atom is 0.153 e. The predicted octanol–water partition coefficient (Wildman–Crippen LogP) is 7.66. The van der Waals surface area contributed by atoms with Crippen LogP contribution in [0.25, 0.3) is 20.5 Å². The summed E-state index contributed by atoms with van der Waals surface area (Å²) < 4.78 is 19.0. The lowest BCUT2D eigenvalue weighted by Crippen LogP contribution is -2.33. The molecule has 0 saturated carbocycles. The highest BCUT2D eigenvalue weighted by Gasteiger charge is 2.17. The largest absolute Gasteiger partial charge is 0.497 e. The molecule has 34 heavy (non-hydrogen) atoms. The average Bonchev–Trinajstić information content (AvgIpc) is 3.23. The van der Waals surface area contributed by atoms with Gasteiger partial charge >= 0.3 is 0 Å². The summed E-state index contributed by atoms with van der Waals surface area (Å²) in [6.07, 6.45) is 3.97. The van der Waals surface area contributed by atoms with Gasteiger partial charge in [-0.15, -0.1) is 23.7 Å². The van der Waals surface area contributed by atoms with Gasteiger partial charge in [0.1, 0.15) is 23.9 Å². The Morgan fingerprint density at radius 2 is 1.53 bits per heavy atom. The first-order valence-electron chi connectivity index (χ1n) is 11.6. The molecule has 0 unspecified atom stereocenters. The Hall–Kier alpha value is -2.73. The van der Waals surface area contributed by atoms with E-state index in [1.807, 2.05) is 36.4 Å². The first-order valence-corrected chi connectivity index (χ1v) is 12.4. The number of piperidine rings is 1. The second-order valence-corrected chi connectivity index (χ2v) is 9.36. The number of thiophene rings is 1. The topological polar surface area (TPSA) is 30.9 Å². The summed E-state index contributed by atoms with van der Waals surface area (Å²) in [6.45, 7) is 4.10. The zero-order chi connectivity index (χ0) is 22.5. The predicted molar refractivity (Wildman–Crippen MR) is 143 cm³/mol. The number of methoxy groups -OCH3 is 1. The maximum absolute atomic E-state index is 6.45. The van der Waals surface area contributed by atoms with Crippen molar-refractivity contribution in [2.75, 3.05) is 33.4 Å². The van der Waals surface area contributed by atoms with E-state index in [-0.39, 0.29) is 12.4 Å². The molecule has 1 fully saturated rings. The molecule has 5 rings (SSSR count). The van der Waals surface area contributed by atoms with E-state index in [1.165, 1.54) is 32.4 Å². The third kappa shape index (κ3) is 5.66. The molecule has 4 nitrogen and oxygen atoms in total. The van der Waals surface area contributed by atoms with Gasteiger partial charge in [0.15, 0.2) is 5.75 Å². The molecule has 6 heteroatoms.